The molecule has 0 N–H and O–H groups in total. The molecule has 0 atom stereocenters. The van der Waals surface area contributed by atoms with E-state index in [-0.39, 0.29) is 18.1 Å². The molecule has 2 heterocycles. The predicted octanol–water partition coefficient (Wildman–Crippen LogP) is 2.97. The van der Waals surface area contributed by atoms with Crippen molar-refractivity contribution in [1.82, 2.24) is 9.88 Å². The van der Waals surface area contributed by atoms with E-state index in [1.54, 1.807) is 17.0 Å². The van der Waals surface area contributed by atoms with Crippen LogP contribution >= 0.6 is 0 Å². The maximum Gasteiger partial charge on any atom is 0.421 e. The van der Waals surface area contributed by atoms with E-state index in [4.69, 9.17) is 9.47 Å². The Morgan fingerprint density at radius 1 is 1.15 bits per heavy atom. The van der Waals surface area contributed by atoms with Crippen LogP contribution in [0, 0.1) is 5.92 Å². The zero-order valence-corrected chi connectivity index (χ0v) is 15.3. The number of carbonyl (C=O) groups is 3. The number of anilines is 1. The van der Waals surface area contributed by atoms with Crippen molar-refractivity contribution >= 4 is 24.3 Å². The quantitative estimate of drug-likeness (QED) is 0.735. The number of pyridine rings is 1. The zero-order chi connectivity index (χ0) is 19.1. The standard InChI is InChI=1S/C19H25N3O5/c23-14-22(16-7-9-20-10-8-16)19(25)27-17-5-3-15(4-6-17)13-26-18(24)21-11-1-2-12-21/h7-10,14-15,17H,1-6,11-13H2. The van der Waals surface area contributed by atoms with Crippen LogP contribution in [-0.4, -0.2) is 54.3 Å². The highest BCUT2D eigenvalue weighted by atomic mass is 16.6. The first-order valence-corrected chi connectivity index (χ1v) is 9.44. The lowest BCUT2D eigenvalue weighted by Crippen LogP contribution is -2.35. The number of hydrogen-bond donors (Lipinski definition) is 0. The number of carbonyl (C=O) groups excluding carboxylic acids is 3. The molecule has 3 rings (SSSR count). The molecule has 1 saturated carbocycles. The molecule has 2 fully saturated rings. The summed E-state index contributed by atoms with van der Waals surface area (Å²) in [5, 5.41) is 0. The fourth-order valence-electron chi connectivity index (χ4n) is 3.51. The van der Waals surface area contributed by atoms with Crippen molar-refractivity contribution < 1.29 is 23.9 Å². The molecule has 8 nitrogen and oxygen atoms in total. The largest absolute Gasteiger partial charge is 0.449 e. The van der Waals surface area contributed by atoms with Crippen LogP contribution in [0.15, 0.2) is 24.5 Å². The number of ether oxygens (including phenoxy) is 2. The lowest BCUT2D eigenvalue weighted by atomic mass is 9.88. The van der Waals surface area contributed by atoms with Crippen molar-refractivity contribution in [3.8, 4) is 0 Å². The van der Waals surface area contributed by atoms with Gasteiger partial charge in [0, 0.05) is 25.5 Å². The molecule has 2 aliphatic rings. The van der Waals surface area contributed by atoms with Crippen LogP contribution in [0.25, 0.3) is 0 Å². The van der Waals surface area contributed by atoms with Gasteiger partial charge in [0.2, 0.25) is 6.41 Å². The average molecular weight is 375 g/mol. The molecule has 0 spiro atoms. The smallest absolute Gasteiger partial charge is 0.421 e. The topological polar surface area (TPSA) is 89.0 Å². The molecule has 0 aromatic carbocycles. The van der Waals surface area contributed by atoms with Gasteiger partial charge in [0.25, 0.3) is 0 Å². The summed E-state index contributed by atoms with van der Waals surface area (Å²) in [5.74, 6) is 0.286. The second-order valence-electron chi connectivity index (χ2n) is 6.98. The van der Waals surface area contributed by atoms with Gasteiger partial charge >= 0.3 is 12.2 Å². The molecule has 1 aliphatic heterocycles. The fraction of sp³-hybridized carbons (Fsp3) is 0.579. The molecule has 0 bridgehead atoms. The van der Waals surface area contributed by atoms with Crippen molar-refractivity contribution in [2.24, 2.45) is 5.92 Å². The maximum absolute atomic E-state index is 12.3. The maximum atomic E-state index is 12.3. The zero-order valence-electron chi connectivity index (χ0n) is 15.3. The summed E-state index contributed by atoms with van der Waals surface area (Å²) in [6.07, 6.45) is 7.45. The highest BCUT2D eigenvalue weighted by Crippen LogP contribution is 2.27. The van der Waals surface area contributed by atoms with E-state index < -0.39 is 6.09 Å². The van der Waals surface area contributed by atoms with E-state index in [0.29, 0.717) is 31.5 Å². The van der Waals surface area contributed by atoms with Crippen molar-refractivity contribution in [2.75, 3.05) is 24.6 Å². The van der Waals surface area contributed by atoms with Crippen LogP contribution in [0.1, 0.15) is 38.5 Å². The summed E-state index contributed by atoms with van der Waals surface area (Å²) in [4.78, 5) is 42.0. The second-order valence-corrected chi connectivity index (χ2v) is 6.98. The Hall–Kier alpha value is -2.64. The molecule has 1 aliphatic carbocycles. The molecule has 0 unspecified atom stereocenters. The summed E-state index contributed by atoms with van der Waals surface area (Å²) in [5.41, 5.74) is 0.424. The summed E-state index contributed by atoms with van der Waals surface area (Å²) < 4.78 is 10.9. The van der Waals surface area contributed by atoms with E-state index in [9.17, 15) is 14.4 Å². The van der Waals surface area contributed by atoms with Crippen LogP contribution in [0.5, 0.6) is 0 Å². The Morgan fingerprint density at radius 2 is 1.81 bits per heavy atom. The highest BCUT2D eigenvalue weighted by molar-refractivity contribution is 6.03. The Kier molecular flexibility index (Phi) is 6.62. The van der Waals surface area contributed by atoms with Crippen LogP contribution in [0.3, 0.4) is 0 Å². The second kappa shape index (κ2) is 9.34. The third kappa shape index (κ3) is 5.18. The molecule has 0 radical (unpaired) electrons. The lowest BCUT2D eigenvalue weighted by Gasteiger charge is -2.29. The van der Waals surface area contributed by atoms with Gasteiger partial charge in [0.05, 0.1) is 12.3 Å². The molecule has 27 heavy (non-hydrogen) atoms. The van der Waals surface area contributed by atoms with Gasteiger partial charge < -0.3 is 14.4 Å². The number of aromatic nitrogens is 1. The van der Waals surface area contributed by atoms with Gasteiger partial charge in [-0.1, -0.05) is 0 Å². The molecule has 1 aromatic rings. The Balaban J connectivity index is 1.40. The van der Waals surface area contributed by atoms with E-state index in [0.717, 1.165) is 43.7 Å². The molecule has 8 heteroatoms. The first kappa shape index (κ1) is 19.1. The van der Waals surface area contributed by atoms with Gasteiger partial charge in [0.1, 0.15) is 6.10 Å². The van der Waals surface area contributed by atoms with E-state index >= 15 is 0 Å². The summed E-state index contributed by atoms with van der Waals surface area (Å²) in [6, 6.07) is 3.14. The van der Waals surface area contributed by atoms with Gasteiger partial charge in [0.15, 0.2) is 0 Å². The molecule has 1 saturated heterocycles. The third-order valence-electron chi connectivity index (χ3n) is 5.11. The van der Waals surface area contributed by atoms with Gasteiger partial charge in [-0.2, -0.15) is 0 Å². The van der Waals surface area contributed by atoms with Gasteiger partial charge in [-0.15, -0.1) is 0 Å². The molecule has 146 valence electrons. The van der Waals surface area contributed by atoms with E-state index in [1.807, 2.05) is 0 Å². The van der Waals surface area contributed by atoms with E-state index in [1.165, 1.54) is 12.4 Å². The number of amides is 3. The summed E-state index contributed by atoms with van der Waals surface area (Å²) >= 11 is 0. The predicted molar refractivity (Wildman–Crippen MR) is 97.2 cm³/mol. The number of hydrogen-bond acceptors (Lipinski definition) is 6. The summed E-state index contributed by atoms with van der Waals surface area (Å²) in [6.45, 7) is 1.98. The van der Waals surface area contributed by atoms with Crippen LogP contribution in [0.4, 0.5) is 15.3 Å². The molecular formula is C19H25N3O5. The minimum atomic E-state index is -0.680. The van der Waals surface area contributed by atoms with Crippen molar-refractivity contribution in [3.63, 3.8) is 0 Å². The molecular weight excluding hydrogens is 350 g/mol. The van der Waals surface area contributed by atoms with Crippen LogP contribution in [0.2, 0.25) is 0 Å². The number of nitrogens with zero attached hydrogens (tertiary/aromatic N) is 3. The molecule has 1 aromatic heterocycles. The molecule has 3 amide bonds. The SMILES string of the molecule is O=CN(C(=O)OC1CCC(COC(=O)N2CCCC2)CC1)c1ccncc1. The highest BCUT2D eigenvalue weighted by Gasteiger charge is 2.28. The van der Waals surface area contributed by atoms with Gasteiger partial charge in [-0.25, -0.2) is 14.5 Å². The first-order valence-electron chi connectivity index (χ1n) is 9.44. The minimum Gasteiger partial charge on any atom is -0.449 e. The normalized spacial score (nSPS) is 22.1. The minimum absolute atomic E-state index is 0.222. The van der Waals surface area contributed by atoms with Crippen molar-refractivity contribution in [2.45, 2.75) is 44.6 Å². The van der Waals surface area contributed by atoms with Crippen LogP contribution in [-0.2, 0) is 14.3 Å². The number of rotatable bonds is 5. The number of imide groups is 1. The first-order chi connectivity index (χ1) is 13.2. The summed E-state index contributed by atoms with van der Waals surface area (Å²) in [7, 11) is 0. The monoisotopic (exact) mass is 375 g/mol. The van der Waals surface area contributed by atoms with Crippen molar-refractivity contribution in [1.29, 1.82) is 0 Å². The number of likely N-dealkylation sites (tertiary alicyclic amines) is 1. The Morgan fingerprint density at radius 3 is 2.44 bits per heavy atom. The average Bonchev–Trinajstić information content (AvgIpc) is 3.23. The van der Waals surface area contributed by atoms with Crippen molar-refractivity contribution in [3.05, 3.63) is 24.5 Å². The van der Waals surface area contributed by atoms with Gasteiger partial charge in [-0.05, 0) is 56.6 Å². The van der Waals surface area contributed by atoms with Gasteiger partial charge in [-0.3, -0.25) is 9.78 Å². The lowest BCUT2D eigenvalue weighted by molar-refractivity contribution is -0.107. The van der Waals surface area contributed by atoms with Crippen LogP contribution < -0.4 is 4.90 Å². The Bertz CT molecular complexity index is 640. The fourth-order valence-corrected chi connectivity index (χ4v) is 3.51. The third-order valence-corrected chi connectivity index (χ3v) is 5.11. The Labute approximate surface area is 158 Å². The van der Waals surface area contributed by atoms with E-state index in [2.05, 4.69) is 4.98 Å².